The maximum Gasteiger partial charge on any atom is 0.250 e. The third kappa shape index (κ3) is 5.66. The summed E-state index contributed by atoms with van der Waals surface area (Å²) in [6.45, 7) is 9.53. The Morgan fingerprint density at radius 1 is 1.02 bits per heavy atom. The van der Waals surface area contributed by atoms with Crippen LogP contribution in [0.25, 0.3) is 11.3 Å². The molecule has 4 aromatic rings. The Kier molecular flexibility index (Phi) is 7.91. The number of aromatic amines is 1. The van der Waals surface area contributed by atoms with E-state index in [-0.39, 0.29) is 11.6 Å². The first-order valence-electron chi connectivity index (χ1n) is 13.9. The van der Waals surface area contributed by atoms with Crippen molar-refractivity contribution >= 4 is 34.9 Å². The summed E-state index contributed by atoms with van der Waals surface area (Å²) in [4.78, 5) is 27.5. The first-order valence-corrected chi connectivity index (χ1v) is 15.5. The van der Waals surface area contributed by atoms with Gasteiger partial charge < -0.3 is 19.9 Å². The lowest BCUT2D eigenvalue weighted by Crippen LogP contribution is -2.36. The molecule has 0 radical (unpaired) electrons. The Hall–Kier alpha value is -3.20. The summed E-state index contributed by atoms with van der Waals surface area (Å²) in [7, 11) is 0. The summed E-state index contributed by atoms with van der Waals surface area (Å²) in [6.07, 6.45) is 3.01. The van der Waals surface area contributed by atoms with Crippen LogP contribution in [0.5, 0.6) is 0 Å². The number of H-pyrrole nitrogens is 1. The summed E-state index contributed by atoms with van der Waals surface area (Å²) in [6, 6.07) is 21.2. The molecule has 6 rings (SSSR count). The number of nitrogens with zero attached hydrogens (tertiary/aromatic N) is 2. The molecule has 1 fully saturated rings. The van der Waals surface area contributed by atoms with Crippen LogP contribution in [0.2, 0.25) is 0 Å². The Morgan fingerprint density at radius 3 is 2.65 bits per heavy atom. The van der Waals surface area contributed by atoms with Gasteiger partial charge in [0, 0.05) is 61.9 Å². The molecule has 2 atom stereocenters. The summed E-state index contributed by atoms with van der Waals surface area (Å²) in [5.74, 6) is 0.437. The van der Waals surface area contributed by atoms with Crippen molar-refractivity contribution in [3.05, 3.63) is 88.5 Å². The highest BCUT2D eigenvalue weighted by atomic mass is 32.2. The maximum absolute atomic E-state index is 12.7. The largest absolute Gasteiger partial charge is 0.378 e. The zero-order chi connectivity index (χ0) is 27.6. The highest BCUT2D eigenvalue weighted by molar-refractivity contribution is 8.05. The minimum Gasteiger partial charge on any atom is -0.378 e. The molecular formula is C32H34N4O2S2. The standard InChI is InChI=1S/C32H34N4O2S2/c1-4-21(3)31(25-10-8-20(2)19-33-25)34-22-9-11-27-29(16-22)39-28-7-5-6-24(32(28)40-27)26-17-23(18-30(37)35-26)36-12-14-38-15-13-36/h5-11,16-19,21,31,34H,4,12-15H2,1-3H3,(H,35,37). The van der Waals surface area contributed by atoms with Crippen LogP contribution in [0.1, 0.15) is 37.6 Å². The van der Waals surface area contributed by atoms with E-state index < -0.39 is 0 Å². The van der Waals surface area contributed by atoms with Gasteiger partial charge in [-0.25, -0.2) is 0 Å². The van der Waals surface area contributed by atoms with Crippen molar-refractivity contribution in [2.45, 2.75) is 52.8 Å². The molecule has 0 aliphatic carbocycles. The molecule has 2 aliphatic heterocycles. The molecule has 1 saturated heterocycles. The van der Waals surface area contributed by atoms with E-state index in [2.05, 4.69) is 90.6 Å². The lowest BCUT2D eigenvalue weighted by molar-refractivity contribution is 0.122. The topological polar surface area (TPSA) is 70.2 Å². The fourth-order valence-corrected chi connectivity index (χ4v) is 7.58. The number of aryl methyl sites for hydroxylation is 1. The number of aromatic nitrogens is 2. The SMILES string of the molecule is CCC(C)C(Nc1ccc2c(c1)Sc1cccc(-c3cc(N4CCOCC4)cc(=O)[nH]3)c1S2)c1ccc(C)cn1. The number of hydrogen-bond donors (Lipinski definition) is 2. The molecule has 2 aromatic carbocycles. The van der Waals surface area contributed by atoms with E-state index >= 15 is 0 Å². The van der Waals surface area contributed by atoms with E-state index in [4.69, 9.17) is 9.72 Å². The third-order valence-electron chi connectivity index (χ3n) is 7.64. The molecule has 4 heterocycles. The van der Waals surface area contributed by atoms with Crippen molar-refractivity contribution in [2.75, 3.05) is 36.5 Å². The normalized spacial score (nSPS) is 16.1. The Balaban J connectivity index is 1.28. The number of fused-ring (bicyclic) bond motifs is 2. The van der Waals surface area contributed by atoms with Crippen LogP contribution in [0.4, 0.5) is 11.4 Å². The Morgan fingerprint density at radius 2 is 1.88 bits per heavy atom. The quantitative estimate of drug-likeness (QED) is 0.211. The molecule has 2 aliphatic rings. The Bertz CT molecular complexity index is 1560. The highest BCUT2D eigenvalue weighted by Crippen LogP contribution is 2.52. The van der Waals surface area contributed by atoms with Crippen molar-refractivity contribution in [1.82, 2.24) is 9.97 Å². The van der Waals surface area contributed by atoms with Crippen molar-refractivity contribution < 1.29 is 4.74 Å². The first-order chi connectivity index (χ1) is 19.5. The van der Waals surface area contributed by atoms with Crippen LogP contribution in [-0.4, -0.2) is 36.3 Å². The van der Waals surface area contributed by atoms with Gasteiger partial charge >= 0.3 is 0 Å². The Labute approximate surface area is 244 Å². The van der Waals surface area contributed by atoms with Crippen LogP contribution in [0, 0.1) is 12.8 Å². The van der Waals surface area contributed by atoms with Crippen molar-refractivity contribution in [3.63, 3.8) is 0 Å². The molecule has 0 amide bonds. The van der Waals surface area contributed by atoms with E-state index in [0.29, 0.717) is 19.1 Å². The number of pyridine rings is 2. The molecule has 0 bridgehead atoms. The maximum atomic E-state index is 12.7. The molecule has 6 nitrogen and oxygen atoms in total. The number of anilines is 2. The summed E-state index contributed by atoms with van der Waals surface area (Å²) in [5, 5.41) is 3.78. The van der Waals surface area contributed by atoms with Gasteiger partial charge in [-0.1, -0.05) is 62.0 Å². The minimum absolute atomic E-state index is 0.0832. The van der Waals surface area contributed by atoms with Gasteiger partial charge in [0.2, 0.25) is 5.56 Å². The fraction of sp³-hybridized carbons (Fsp3) is 0.312. The van der Waals surface area contributed by atoms with E-state index in [9.17, 15) is 4.79 Å². The molecule has 2 aromatic heterocycles. The fourth-order valence-electron chi connectivity index (χ4n) is 5.17. The highest BCUT2D eigenvalue weighted by Gasteiger charge is 2.24. The van der Waals surface area contributed by atoms with Gasteiger partial charge in [-0.3, -0.25) is 9.78 Å². The van der Waals surface area contributed by atoms with Gasteiger partial charge in [-0.05, 0) is 54.8 Å². The van der Waals surface area contributed by atoms with Gasteiger partial charge in [0.1, 0.15) is 0 Å². The van der Waals surface area contributed by atoms with Gasteiger partial charge in [-0.2, -0.15) is 0 Å². The average molecular weight is 571 g/mol. The van der Waals surface area contributed by atoms with E-state index in [0.717, 1.165) is 47.8 Å². The zero-order valence-electron chi connectivity index (χ0n) is 23.1. The molecular weight excluding hydrogens is 537 g/mol. The summed E-state index contributed by atoms with van der Waals surface area (Å²) in [5.41, 5.74) is 6.11. The second-order valence-electron chi connectivity index (χ2n) is 10.5. The monoisotopic (exact) mass is 570 g/mol. The van der Waals surface area contributed by atoms with Crippen LogP contribution >= 0.6 is 23.5 Å². The van der Waals surface area contributed by atoms with Gasteiger partial charge in [0.05, 0.1) is 30.6 Å². The summed E-state index contributed by atoms with van der Waals surface area (Å²) >= 11 is 3.56. The van der Waals surface area contributed by atoms with E-state index in [1.165, 1.54) is 25.1 Å². The van der Waals surface area contributed by atoms with Gasteiger partial charge in [-0.15, -0.1) is 0 Å². The predicted molar refractivity (Wildman–Crippen MR) is 165 cm³/mol. The second kappa shape index (κ2) is 11.7. The molecule has 2 N–H and O–H groups in total. The number of morpholine rings is 1. The van der Waals surface area contributed by atoms with Gasteiger partial charge in [0.25, 0.3) is 0 Å². The number of nitrogens with one attached hydrogen (secondary N) is 2. The number of rotatable bonds is 7. The average Bonchev–Trinajstić information content (AvgIpc) is 2.98. The van der Waals surface area contributed by atoms with Crippen molar-refractivity contribution in [2.24, 2.45) is 5.92 Å². The van der Waals surface area contributed by atoms with E-state index in [1.54, 1.807) is 29.6 Å². The lowest BCUT2D eigenvalue weighted by atomic mass is 9.95. The molecule has 0 spiro atoms. The molecule has 8 heteroatoms. The van der Waals surface area contributed by atoms with Gasteiger partial charge in [0.15, 0.2) is 0 Å². The molecule has 206 valence electrons. The first kappa shape index (κ1) is 27.0. The number of ether oxygens (including phenoxy) is 1. The van der Waals surface area contributed by atoms with Crippen LogP contribution < -0.4 is 15.8 Å². The van der Waals surface area contributed by atoms with E-state index in [1.807, 2.05) is 6.20 Å². The number of benzene rings is 2. The second-order valence-corrected chi connectivity index (χ2v) is 12.6. The minimum atomic E-state index is -0.0832. The van der Waals surface area contributed by atoms with Crippen LogP contribution in [0.15, 0.2) is 91.2 Å². The van der Waals surface area contributed by atoms with Crippen molar-refractivity contribution in [1.29, 1.82) is 0 Å². The molecule has 2 unspecified atom stereocenters. The lowest BCUT2D eigenvalue weighted by Gasteiger charge is -2.29. The predicted octanol–water partition coefficient (Wildman–Crippen LogP) is 7.40. The zero-order valence-corrected chi connectivity index (χ0v) is 24.7. The van der Waals surface area contributed by atoms with Crippen molar-refractivity contribution in [3.8, 4) is 11.3 Å². The third-order valence-corrected chi connectivity index (χ3v) is 10.2. The van der Waals surface area contributed by atoms with Crippen LogP contribution in [0.3, 0.4) is 0 Å². The smallest absolute Gasteiger partial charge is 0.250 e. The number of hydrogen-bond acceptors (Lipinski definition) is 7. The molecule has 0 saturated carbocycles. The summed E-state index contributed by atoms with van der Waals surface area (Å²) < 4.78 is 5.51. The molecule has 40 heavy (non-hydrogen) atoms. The van der Waals surface area contributed by atoms with Crippen LogP contribution in [-0.2, 0) is 4.74 Å².